The van der Waals surface area contributed by atoms with Gasteiger partial charge in [0, 0.05) is 12.6 Å². The van der Waals surface area contributed by atoms with Crippen LogP contribution in [-0.4, -0.2) is 27.3 Å². The van der Waals surface area contributed by atoms with Crippen LogP contribution in [0.15, 0.2) is 29.4 Å². The van der Waals surface area contributed by atoms with Crippen molar-refractivity contribution in [2.45, 2.75) is 69.6 Å². The highest BCUT2D eigenvalue weighted by Crippen LogP contribution is 2.25. The molecule has 0 spiro atoms. The number of unbranched alkanes of at least 4 members (excludes halogenated alkanes) is 2. The fourth-order valence-electron chi connectivity index (χ4n) is 3.37. The lowest BCUT2D eigenvalue weighted by atomic mass is 10.2. The molecule has 1 N–H and O–H groups in total. The minimum atomic E-state index is 0.138. The van der Waals surface area contributed by atoms with Crippen molar-refractivity contribution in [2.24, 2.45) is 0 Å². The van der Waals surface area contributed by atoms with Crippen LogP contribution in [0.25, 0.3) is 11.0 Å². The van der Waals surface area contributed by atoms with Crippen molar-refractivity contribution in [3.05, 3.63) is 24.3 Å². The lowest BCUT2D eigenvalue weighted by Crippen LogP contribution is -2.33. The SMILES string of the molecule is CCCCCn1c(SCC(=O)NC2CCCC2)nc2ccccc21. The minimum absolute atomic E-state index is 0.138. The Kier molecular flexibility index (Phi) is 6.18. The van der Waals surface area contributed by atoms with Crippen LogP contribution in [-0.2, 0) is 11.3 Å². The molecule has 1 aromatic heterocycles. The number of benzene rings is 1. The normalized spacial score (nSPS) is 15.2. The molecule has 0 radical (unpaired) electrons. The molecule has 3 rings (SSSR count). The van der Waals surface area contributed by atoms with Gasteiger partial charge >= 0.3 is 0 Å². The van der Waals surface area contributed by atoms with Gasteiger partial charge in [-0.3, -0.25) is 4.79 Å². The zero-order chi connectivity index (χ0) is 16.8. The van der Waals surface area contributed by atoms with Crippen molar-refractivity contribution in [1.82, 2.24) is 14.9 Å². The summed E-state index contributed by atoms with van der Waals surface area (Å²) in [6.07, 6.45) is 8.32. The zero-order valence-electron chi connectivity index (χ0n) is 14.5. The van der Waals surface area contributed by atoms with E-state index in [0.717, 1.165) is 36.5 Å². The molecule has 5 heteroatoms. The number of aryl methyl sites for hydroxylation is 1. The summed E-state index contributed by atoms with van der Waals surface area (Å²) in [5.41, 5.74) is 2.19. The van der Waals surface area contributed by atoms with Gasteiger partial charge in [0.1, 0.15) is 0 Å². The largest absolute Gasteiger partial charge is 0.353 e. The number of carbonyl (C=O) groups is 1. The number of hydrogen-bond donors (Lipinski definition) is 1. The maximum Gasteiger partial charge on any atom is 0.230 e. The Hall–Kier alpha value is -1.49. The molecule has 1 amide bonds. The molecule has 0 unspecified atom stereocenters. The summed E-state index contributed by atoms with van der Waals surface area (Å²) in [6, 6.07) is 8.64. The van der Waals surface area contributed by atoms with Gasteiger partial charge in [-0.25, -0.2) is 4.98 Å². The van der Waals surface area contributed by atoms with E-state index in [-0.39, 0.29) is 5.91 Å². The summed E-state index contributed by atoms with van der Waals surface area (Å²) < 4.78 is 2.28. The number of nitrogens with one attached hydrogen (secondary N) is 1. The van der Waals surface area contributed by atoms with Crippen LogP contribution in [0.1, 0.15) is 51.9 Å². The van der Waals surface area contributed by atoms with Crippen LogP contribution in [0, 0.1) is 0 Å². The third kappa shape index (κ3) is 4.32. The smallest absolute Gasteiger partial charge is 0.230 e. The van der Waals surface area contributed by atoms with Crippen molar-refractivity contribution in [2.75, 3.05) is 5.75 Å². The molecule has 0 saturated heterocycles. The lowest BCUT2D eigenvalue weighted by Gasteiger charge is -2.12. The average Bonchev–Trinajstić information content (AvgIpc) is 3.21. The van der Waals surface area contributed by atoms with Gasteiger partial charge in [0.25, 0.3) is 0 Å². The molecule has 1 aliphatic rings. The molecular formula is C19H27N3OS. The fraction of sp³-hybridized carbons (Fsp3) is 0.579. The first-order valence-corrected chi connectivity index (χ1v) is 10.1. The number of thioether (sulfide) groups is 1. The van der Waals surface area contributed by atoms with Crippen LogP contribution >= 0.6 is 11.8 Å². The average molecular weight is 346 g/mol. The first kappa shape index (κ1) is 17.3. The van der Waals surface area contributed by atoms with Gasteiger partial charge in [0.15, 0.2) is 5.16 Å². The van der Waals surface area contributed by atoms with Gasteiger partial charge in [-0.1, -0.05) is 56.5 Å². The number of imidazole rings is 1. The number of amides is 1. The van der Waals surface area contributed by atoms with Crippen LogP contribution in [0.2, 0.25) is 0 Å². The highest BCUT2D eigenvalue weighted by atomic mass is 32.2. The molecule has 0 atom stereocenters. The van der Waals surface area contributed by atoms with E-state index in [0.29, 0.717) is 11.8 Å². The second kappa shape index (κ2) is 8.56. The summed E-state index contributed by atoms with van der Waals surface area (Å²) >= 11 is 1.56. The first-order valence-electron chi connectivity index (χ1n) is 9.15. The van der Waals surface area contributed by atoms with Crippen LogP contribution in [0.4, 0.5) is 0 Å². The molecule has 130 valence electrons. The van der Waals surface area contributed by atoms with Crippen molar-refractivity contribution < 1.29 is 4.79 Å². The Balaban J connectivity index is 1.65. The van der Waals surface area contributed by atoms with Crippen LogP contribution < -0.4 is 5.32 Å². The van der Waals surface area contributed by atoms with Gasteiger partial charge in [-0.05, 0) is 31.4 Å². The molecule has 24 heavy (non-hydrogen) atoms. The zero-order valence-corrected chi connectivity index (χ0v) is 15.3. The molecule has 1 fully saturated rings. The Morgan fingerprint density at radius 2 is 2.08 bits per heavy atom. The van der Waals surface area contributed by atoms with Gasteiger partial charge in [0.2, 0.25) is 5.91 Å². The molecule has 4 nitrogen and oxygen atoms in total. The predicted molar refractivity (Wildman–Crippen MR) is 100 cm³/mol. The quantitative estimate of drug-likeness (QED) is 0.570. The molecule has 1 heterocycles. The van der Waals surface area contributed by atoms with Gasteiger partial charge in [-0.2, -0.15) is 0 Å². The molecule has 1 aliphatic carbocycles. The van der Waals surface area contributed by atoms with E-state index in [1.807, 2.05) is 12.1 Å². The molecule has 1 aromatic carbocycles. The minimum Gasteiger partial charge on any atom is -0.353 e. The second-order valence-corrected chi connectivity index (χ2v) is 7.52. The fourth-order valence-corrected chi connectivity index (χ4v) is 4.22. The van der Waals surface area contributed by atoms with E-state index in [9.17, 15) is 4.79 Å². The van der Waals surface area contributed by atoms with Crippen molar-refractivity contribution in [1.29, 1.82) is 0 Å². The molecule has 0 bridgehead atoms. The van der Waals surface area contributed by atoms with E-state index >= 15 is 0 Å². The lowest BCUT2D eigenvalue weighted by molar-refractivity contribution is -0.119. The number of carbonyl (C=O) groups excluding carboxylic acids is 1. The maximum atomic E-state index is 12.2. The number of nitrogens with zero attached hydrogens (tertiary/aromatic N) is 2. The molecule has 0 aliphatic heterocycles. The van der Waals surface area contributed by atoms with E-state index < -0.39 is 0 Å². The van der Waals surface area contributed by atoms with Crippen molar-refractivity contribution >= 4 is 28.7 Å². The topological polar surface area (TPSA) is 46.9 Å². The summed E-state index contributed by atoms with van der Waals surface area (Å²) in [5.74, 6) is 0.590. The van der Waals surface area contributed by atoms with Gasteiger partial charge in [-0.15, -0.1) is 0 Å². The van der Waals surface area contributed by atoms with Gasteiger partial charge < -0.3 is 9.88 Å². The second-order valence-electron chi connectivity index (χ2n) is 6.58. The van der Waals surface area contributed by atoms with E-state index in [2.05, 4.69) is 28.9 Å². The van der Waals surface area contributed by atoms with E-state index in [1.54, 1.807) is 11.8 Å². The standard InChI is InChI=1S/C19H27N3OS/c1-2-3-8-13-22-17-12-7-6-11-16(17)21-19(22)24-14-18(23)20-15-9-4-5-10-15/h6-7,11-12,15H,2-5,8-10,13-14H2,1H3,(H,20,23). The number of para-hydroxylation sites is 2. The van der Waals surface area contributed by atoms with E-state index in [4.69, 9.17) is 4.98 Å². The summed E-state index contributed by atoms with van der Waals surface area (Å²) in [7, 11) is 0. The third-order valence-corrected chi connectivity index (χ3v) is 5.63. The number of aromatic nitrogens is 2. The summed E-state index contributed by atoms with van der Waals surface area (Å²) in [6.45, 7) is 3.19. The third-order valence-electron chi connectivity index (χ3n) is 4.66. The van der Waals surface area contributed by atoms with Crippen molar-refractivity contribution in [3.63, 3.8) is 0 Å². The van der Waals surface area contributed by atoms with Crippen LogP contribution in [0.3, 0.4) is 0 Å². The van der Waals surface area contributed by atoms with Crippen LogP contribution in [0.5, 0.6) is 0 Å². The predicted octanol–water partition coefficient (Wildman–Crippen LogP) is 4.38. The van der Waals surface area contributed by atoms with E-state index in [1.165, 1.54) is 31.2 Å². The number of hydrogen-bond acceptors (Lipinski definition) is 3. The maximum absolute atomic E-state index is 12.2. The first-order chi connectivity index (χ1) is 11.8. The molecule has 1 saturated carbocycles. The monoisotopic (exact) mass is 345 g/mol. The Morgan fingerprint density at radius 1 is 1.29 bits per heavy atom. The highest BCUT2D eigenvalue weighted by Gasteiger charge is 2.18. The summed E-state index contributed by atoms with van der Waals surface area (Å²) in [5, 5.41) is 4.12. The van der Waals surface area contributed by atoms with Gasteiger partial charge in [0.05, 0.1) is 16.8 Å². The molecular weight excluding hydrogens is 318 g/mol. The molecule has 2 aromatic rings. The Morgan fingerprint density at radius 3 is 2.88 bits per heavy atom. The van der Waals surface area contributed by atoms with Crippen molar-refractivity contribution in [3.8, 4) is 0 Å². The number of rotatable bonds is 8. The Labute approximate surface area is 148 Å². The Bertz CT molecular complexity index is 676. The highest BCUT2D eigenvalue weighted by molar-refractivity contribution is 7.99. The summed E-state index contributed by atoms with van der Waals surface area (Å²) in [4.78, 5) is 16.9. The number of fused-ring (bicyclic) bond motifs is 1.